The molecular weight excluding hydrogens is 330 g/mol. The molecule has 4 N–H and O–H groups in total. The highest BCUT2D eigenvalue weighted by molar-refractivity contribution is 7.19. The number of anilines is 4. The fourth-order valence-corrected chi connectivity index (χ4v) is 3.41. The van der Waals surface area contributed by atoms with Crippen LogP contribution < -0.4 is 16.4 Å². The summed E-state index contributed by atoms with van der Waals surface area (Å²) in [6.07, 6.45) is 1.60. The first-order valence-electron chi connectivity index (χ1n) is 6.54. The normalized spacial score (nSPS) is 10.0. The van der Waals surface area contributed by atoms with Crippen molar-refractivity contribution in [1.29, 1.82) is 5.26 Å². The van der Waals surface area contributed by atoms with E-state index in [4.69, 9.17) is 5.73 Å². The average Bonchev–Trinajstić information content (AvgIpc) is 3.16. The average molecular weight is 341 g/mol. The van der Waals surface area contributed by atoms with E-state index in [0.29, 0.717) is 10.1 Å². The summed E-state index contributed by atoms with van der Waals surface area (Å²) in [6.45, 7) is 0. The van der Waals surface area contributed by atoms with Crippen LogP contribution in [0.2, 0.25) is 0 Å². The minimum Gasteiger partial charge on any atom is -0.396 e. The molecule has 3 aromatic rings. The summed E-state index contributed by atoms with van der Waals surface area (Å²) in [6, 6.07) is 11.4. The lowest BCUT2D eigenvalue weighted by atomic mass is 10.2. The van der Waals surface area contributed by atoms with Gasteiger partial charge in [-0.15, -0.1) is 22.7 Å². The molecule has 0 saturated carbocycles. The van der Waals surface area contributed by atoms with E-state index in [1.54, 1.807) is 11.6 Å². The summed E-state index contributed by atoms with van der Waals surface area (Å²) in [5, 5.41) is 17.9. The van der Waals surface area contributed by atoms with Crippen LogP contribution in [0, 0.1) is 11.3 Å². The Bertz CT molecular complexity index is 865. The van der Waals surface area contributed by atoms with Crippen LogP contribution in [0.1, 0.15) is 15.2 Å². The molecule has 0 radical (unpaired) electrons. The maximum atomic E-state index is 12.3. The highest BCUT2D eigenvalue weighted by Crippen LogP contribution is 2.37. The van der Waals surface area contributed by atoms with E-state index in [2.05, 4.69) is 15.6 Å². The van der Waals surface area contributed by atoms with Gasteiger partial charge in [0.25, 0.3) is 5.91 Å². The van der Waals surface area contributed by atoms with Gasteiger partial charge >= 0.3 is 0 Å². The maximum absolute atomic E-state index is 12.3. The Kier molecular flexibility index (Phi) is 4.23. The van der Waals surface area contributed by atoms with Gasteiger partial charge in [-0.25, -0.2) is 4.98 Å². The molecule has 0 bridgehead atoms. The van der Waals surface area contributed by atoms with E-state index >= 15 is 0 Å². The SMILES string of the molecule is N#Cc1c(Nc2ccccc2)sc(C(=O)Nc2nccs2)c1N. The second-order valence-corrected chi connectivity index (χ2v) is 6.36. The van der Waals surface area contributed by atoms with Gasteiger partial charge in [0, 0.05) is 17.3 Å². The van der Waals surface area contributed by atoms with Crippen molar-refractivity contribution in [2.45, 2.75) is 0 Å². The number of carbonyl (C=O) groups is 1. The number of amides is 1. The smallest absolute Gasteiger partial charge is 0.269 e. The zero-order valence-corrected chi connectivity index (χ0v) is 13.4. The topological polar surface area (TPSA) is 104 Å². The van der Waals surface area contributed by atoms with Crippen LogP contribution in [-0.4, -0.2) is 10.9 Å². The number of thiophene rings is 1. The Morgan fingerprint density at radius 3 is 2.74 bits per heavy atom. The molecule has 0 aliphatic rings. The number of aromatic nitrogens is 1. The van der Waals surface area contributed by atoms with Crippen LogP contribution in [0.5, 0.6) is 0 Å². The lowest BCUT2D eigenvalue weighted by Crippen LogP contribution is -2.11. The summed E-state index contributed by atoms with van der Waals surface area (Å²) in [5.74, 6) is -0.375. The molecule has 3 rings (SSSR count). The van der Waals surface area contributed by atoms with E-state index in [0.717, 1.165) is 17.0 Å². The molecule has 0 atom stereocenters. The number of hydrogen-bond donors (Lipinski definition) is 3. The van der Waals surface area contributed by atoms with Gasteiger partial charge in [-0.1, -0.05) is 18.2 Å². The molecule has 114 valence electrons. The summed E-state index contributed by atoms with van der Waals surface area (Å²) < 4.78 is 0. The molecule has 0 aliphatic heterocycles. The summed E-state index contributed by atoms with van der Waals surface area (Å²) >= 11 is 2.45. The van der Waals surface area contributed by atoms with Gasteiger partial charge in [0.05, 0.1) is 5.69 Å². The van der Waals surface area contributed by atoms with Crippen molar-refractivity contribution < 1.29 is 4.79 Å². The molecule has 0 fully saturated rings. The standard InChI is InChI=1S/C15H11N5OS2/c16-8-10-11(17)12(13(21)20-15-18-6-7-22-15)23-14(10)19-9-4-2-1-3-5-9/h1-7,19H,17H2,(H,18,20,21). The number of carbonyl (C=O) groups excluding carboxylic acids is 1. The van der Waals surface area contributed by atoms with E-state index in [1.165, 1.54) is 11.3 Å². The fourth-order valence-electron chi connectivity index (χ4n) is 1.90. The molecule has 0 aliphatic carbocycles. The molecule has 0 saturated heterocycles. The van der Waals surface area contributed by atoms with E-state index in [-0.39, 0.29) is 22.0 Å². The molecule has 0 spiro atoms. The van der Waals surface area contributed by atoms with Crippen LogP contribution >= 0.6 is 22.7 Å². The quantitative estimate of drug-likeness (QED) is 0.672. The van der Waals surface area contributed by atoms with Gasteiger partial charge in [-0.05, 0) is 12.1 Å². The van der Waals surface area contributed by atoms with E-state index in [9.17, 15) is 10.1 Å². The zero-order chi connectivity index (χ0) is 16.2. The van der Waals surface area contributed by atoms with Crippen molar-refractivity contribution in [1.82, 2.24) is 4.98 Å². The Hall–Kier alpha value is -2.89. The van der Waals surface area contributed by atoms with Crippen LogP contribution in [0.3, 0.4) is 0 Å². The number of nitriles is 1. The van der Waals surface area contributed by atoms with Gasteiger partial charge < -0.3 is 11.1 Å². The fraction of sp³-hybridized carbons (Fsp3) is 0. The minimum absolute atomic E-state index is 0.171. The molecule has 0 unspecified atom stereocenters. The van der Waals surface area contributed by atoms with E-state index in [1.807, 2.05) is 36.4 Å². The van der Waals surface area contributed by atoms with E-state index < -0.39 is 0 Å². The third kappa shape index (κ3) is 3.15. The Morgan fingerprint density at radius 1 is 1.30 bits per heavy atom. The van der Waals surface area contributed by atoms with Crippen LogP contribution in [0.15, 0.2) is 41.9 Å². The van der Waals surface area contributed by atoms with Crippen LogP contribution in [0.25, 0.3) is 0 Å². The third-order valence-electron chi connectivity index (χ3n) is 2.95. The molecule has 1 amide bonds. The predicted octanol–water partition coefficient (Wildman–Crippen LogP) is 3.65. The minimum atomic E-state index is -0.375. The summed E-state index contributed by atoms with van der Waals surface area (Å²) in [7, 11) is 0. The number of para-hydroxylation sites is 1. The van der Waals surface area contributed by atoms with Gasteiger partial charge in [0.2, 0.25) is 0 Å². The molecule has 2 aromatic heterocycles. The lowest BCUT2D eigenvalue weighted by molar-refractivity contribution is 0.103. The lowest BCUT2D eigenvalue weighted by Gasteiger charge is -2.03. The van der Waals surface area contributed by atoms with Gasteiger partial charge in [0.15, 0.2) is 5.13 Å². The van der Waals surface area contributed by atoms with Crippen molar-refractivity contribution in [2.24, 2.45) is 0 Å². The van der Waals surface area contributed by atoms with Crippen molar-refractivity contribution in [3.8, 4) is 6.07 Å². The largest absolute Gasteiger partial charge is 0.396 e. The van der Waals surface area contributed by atoms with Crippen molar-refractivity contribution in [3.05, 3.63) is 52.3 Å². The van der Waals surface area contributed by atoms with Crippen molar-refractivity contribution in [3.63, 3.8) is 0 Å². The first kappa shape index (κ1) is 15.0. The molecule has 6 nitrogen and oxygen atoms in total. The third-order valence-corrected chi connectivity index (χ3v) is 4.76. The highest BCUT2D eigenvalue weighted by atomic mass is 32.1. The summed E-state index contributed by atoms with van der Waals surface area (Å²) in [5.41, 5.74) is 7.22. The number of hydrogen-bond acceptors (Lipinski definition) is 7. The zero-order valence-electron chi connectivity index (χ0n) is 11.7. The molecule has 2 heterocycles. The second kappa shape index (κ2) is 6.48. The van der Waals surface area contributed by atoms with Crippen LogP contribution in [0.4, 0.5) is 21.5 Å². The van der Waals surface area contributed by atoms with Gasteiger partial charge in [-0.3, -0.25) is 10.1 Å². The molecule has 23 heavy (non-hydrogen) atoms. The van der Waals surface area contributed by atoms with Gasteiger partial charge in [-0.2, -0.15) is 5.26 Å². The predicted molar refractivity (Wildman–Crippen MR) is 93.2 cm³/mol. The molecular formula is C15H11N5OS2. The molecule has 1 aromatic carbocycles. The molecule has 8 heteroatoms. The second-order valence-electron chi connectivity index (χ2n) is 4.44. The number of benzene rings is 1. The van der Waals surface area contributed by atoms with Crippen LogP contribution in [-0.2, 0) is 0 Å². The number of nitrogens with zero attached hydrogens (tertiary/aromatic N) is 2. The number of nitrogen functional groups attached to an aromatic ring is 1. The first-order chi connectivity index (χ1) is 11.2. The Balaban J connectivity index is 1.90. The number of rotatable bonds is 4. The van der Waals surface area contributed by atoms with Gasteiger partial charge in [0.1, 0.15) is 21.5 Å². The van der Waals surface area contributed by atoms with Crippen molar-refractivity contribution >= 4 is 50.1 Å². The Labute approximate surface area is 140 Å². The monoisotopic (exact) mass is 341 g/mol. The first-order valence-corrected chi connectivity index (χ1v) is 8.24. The number of nitrogens with two attached hydrogens (primary N) is 1. The maximum Gasteiger partial charge on any atom is 0.269 e. The number of nitrogens with one attached hydrogen (secondary N) is 2. The highest BCUT2D eigenvalue weighted by Gasteiger charge is 2.21. The number of thiazole rings is 1. The summed E-state index contributed by atoms with van der Waals surface area (Å²) in [4.78, 5) is 16.6. The van der Waals surface area contributed by atoms with Crippen molar-refractivity contribution in [2.75, 3.05) is 16.4 Å². The Morgan fingerprint density at radius 2 is 2.09 bits per heavy atom.